The van der Waals surface area contributed by atoms with Crippen LogP contribution >= 0.6 is 0 Å². The number of aliphatic imine (C=N–C) groups is 1. The van der Waals surface area contributed by atoms with Crippen molar-refractivity contribution >= 4 is 17.4 Å². The van der Waals surface area contributed by atoms with Gasteiger partial charge in [0.05, 0.1) is 17.0 Å². The van der Waals surface area contributed by atoms with Crippen LogP contribution in [0.4, 0.5) is 5.82 Å². The first-order valence-electron chi connectivity index (χ1n) is 4.11. The molecule has 1 aliphatic heterocycles. The molecule has 2 rings (SSSR count). The number of anilines is 1. The van der Waals surface area contributed by atoms with Gasteiger partial charge in [0.1, 0.15) is 5.82 Å². The zero-order chi connectivity index (χ0) is 9.42. The van der Waals surface area contributed by atoms with Gasteiger partial charge in [0, 0.05) is 0 Å². The second-order valence-corrected chi connectivity index (χ2v) is 2.85. The summed E-state index contributed by atoms with van der Waals surface area (Å²) < 4.78 is 0. The molecule has 2 N–H and O–H groups in total. The predicted molar refractivity (Wildman–Crippen MR) is 49.8 cm³/mol. The standard InChI is InChI=1S/C9H9N3O/c1-2-6-8-5(9(13)11-6)3-4-7(10)12-8/h3-4H,2H2,1H3,(H2,10,12). The van der Waals surface area contributed by atoms with Crippen molar-refractivity contribution in [3.63, 3.8) is 0 Å². The molecule has 13 heavy (non-hydrogen) atoms. The Balaban J connectivity index is 2.61. The molecule has 0 unspecified atom stereocenters. The molecule has 1 aromatic heterocycles. The zero-order valence-corrected chi connectivity index (χ0v) is 7.24. The maximum Gasteiger partial charge on any atom is 0.279 e. The lowest BCUT2D eigenvalue weighted by atomic mass is 10.1. The van der Waals surface area contributed by atoms with E-state index in [4.69, 9.17) is 5.73 Å². The normalized spacial score (nSPS) is 14.2. The number of nitrogen functional groups attached to an aromatic ring is 1. The molecule has 1 amide bonds. The van der Waals surface area contributed by atoms with Crippen molar-refractivity contribution in [3.8, 4) is 0 Å². The number of nitrogens with two attached hydrogens (primary N) is 1. The Morgan fingerprint density at radius 1 is 1.46 bits per heavy atom. The van der Waals surface area contributed by atoms with Crippen LogP contribution in [0, 0.1) is 0 Å². The zero-order valence-electron chi connectivity index (χ0n) is 7.24. The highest BCUT2D eigenvalue weighted by Gasteiger charge is 2.23. The summed E-state index contributed by atoms with van der Waals surface area (Å²) in [6, 6.07) is 3.29. The largest absolute Gasteiger partial charge is 0.384 e. The lowest BCUT2D eigenvalue weighted by molar-refractivity contribution is 0.101. The van der Waals surface area contributed by atoms with Gasteiger partial charge >= 0.3 is 0 Å². The number of fused-ring (bicyclic) bond motifs is 1. The highest BCUT2D eigenvalue weighted by Crippen LogP contribution is 2.19. The maximum absolute atomic E-state index is 11.3. The number of hydrogen-bond acceptors (Lipinski definition) is 3. The Hall–Kier alpha value is -1.71. The molecule has 4 heteroatoms. The number of amides is 1. The third kappa shape index (κ3) is 1.11. The number of nitrogens with zero attached hydrogens (tertiary/aromatic N) is 2. The van der Waals surface area contributed by atoms with E-state index in [1.165, 1.54) is 0 Å². The molecular formula is C9H9N3O. The number of rotatable bonds is 1. The molecule has 0 saturated heterocycles. The summed E-state index contributed by atoms with van der Waals surface area (Å²) >= 11 is 0. The fourth-order valence-corrected chi connectivity index (χ4v) is 1.35. The molecule has 0 fully saturated rings. The van der Waals surface area contributed by atoms with E-state index in [1.807, 2.05) is 6.92 Å². The van der Waals surface area contributed by atoms with E-state index in [9.17, 15) is 4.79 Å². The Kier molecular flexibility index (Phi) is 1.62. The van der Waals surface area contributed by atoms with E-state index < -0.39 is 0 Å². The smallest absolute Gasteiger partial charge is 0.279 e. The summed E-state index contributed by atoms with van der Waals surface area (Å²) in [4.78, 5) is 19.2. The van der Waals surface area contributed by atoms with Crippen LogP contribution < -0.4 is 5.73 Å². The monoisotopic (exact) mass is 175 g/mol. The summed E-state index contributed by atoms with van der Waals surface area (Å²) in [5.41, 5.74) is 7.45. The maximum atomic E-state index is 11.3. The summed E-state index contributed by atoms with van der Waals surface area (Å²) in [5, 5.41) is 0. The Bertz CT molecular complexity index is 409. The first-order chi connectivity index (χ1) is 6.22. The van der Waals surface area contributed by atoms with Crippen LogP contribution in [-0.2, 0) is 0 Å². The van der Waals surface area contributed by atoms with Gasteiger partial charge in [0.15, 0.2) is 0 Å². The van der Waals surface area contributed by atoms with Crippen molar-refractivity contribution in [3.05, 3.63) is 23.4 Å². The average molecular weight is 175 g/mol. The first-order valence-corrected chi connectivity index (χ1v) is 4.11. The fourth-order valence-electron chi connectivity index (χ4n) is 1.35. The summed E-state index contributed by atoms with van der Waals surface area (Å²) in [7, 11) is 0. The van der Waals surface area contributed by atoms with Crippen LogP contribution in [0.2, 0.25) is 0 Å². The van der Waals surface area contributed by atoms with Gasteiger partial charge in [-0.25, -0.2) is 9.98 Å². The minimum absolute atomic E-state index is 0.209. The van der Waals surface area contributed by atoms with Gasteiger partial charge in [-0.15, -0.1) is 0 Å². The molecule has 0 bridgehead atoms. The second-order valence-electron chi connectivity index (χ2n) is 2.85. The van der Waals surface area contributed by atoms with Crippen LogP contribution in [0.5, 0.6) is 0 Å². The summed E-state index contributed by atoms with van der Waals surface area (Å²) in [6.07, 6.45) is 0.704. The minimum Gasteiger partial charge on any atom is -0.384 e. The number of carbonyl (C=O) groups is 1. The molecule has 0 atom stereocenters. The molecular weight excluding hydrogens is 166 g/mol. The van der Waals surface area contributed by atoms with Crippen molar-refractivity contribution in [1.82, 2.24) is 4.98 Å². The molecule has 2 heterocycles. The van der Waals surface area contributed by atoms with Crippen molar-refractivity contribution in [2.24, 2.45) is 4.99 Å². The van der Waals surface area contributed by atoms with Gasteiger partial charge in [-0.3, -0.25) is 4.79 Å². The van der Waals surface area contributed by atoms with Crippen molar-refractivity contribution < 1.29 is 4.79 Å². The molecule has 0 aromatic carbocycles. The third-order valence-corrected chi connectivity index (χ3v) is 1.99. The van der Waals surface area contributed by atoms with E-state index in [1.54, 1.807) is 12.1 Å². The molecule has 0 aliphatic carbocycles. The topological polar surface area (TPSA) is 68.3 Å². The van der Waals surface area contributed by atoms with Crippen molar-refractivity contribution in [1.29, 1.82) is 0 Å². The fraction of sp³-hybridized carbons (Fsp3) is 0.222. The molecule has 0 saturated carbocycles. The van der Waals surface area contributed by atoms with Crippen LogP contribution in [-0.4, -0.2) is 16.6 Å². The van der Waals surface area contributed by atoms with Crippen molar-refractivity contribution in [2.45, 2.75) is 13.3 Å². The molecule has 0 radical (unpaired) electrons. The van der Waals surface area contributed by atoms with Crippen LogP contribution in [0.3, 0.4) is 0 Å². The predicted octanol–water partition coefficient (Wildman–Crippen LogP) is 1.02. The molecule has 1 aliphatic rings. The number of hydrogen-bond donors (Lipinski definition) is 1. The van der Waals surface area contributed by atoms with Crippen molar-refractivity contribution in [2.75, 3.05) is 5.73 Å². The van der Waals surface area contributed by atoms with Gasteiger partial charge in [0.2, 0.25) is 0 Å². The highest BCUT2D eigenvalue weighted by molar-refractivity contribution is 6.20. The third-order valence-electron chi connectivity index (χ3n) is 1.99. The molecule has 0 spiro atoms. The first kappa shape index (κ1) is 7.91. The Morgan fingerprint density at radius 2 is 2.23 bits per heavy atom. The number of aromatic nitrogens is 1. The summed E-state index contributed by atoms with van der Waals surface area (Å²) in [6.45, 7) is 1.94. The van der Waals surface area contributed by atoms with E-state index in [2.05, 4.69) is 9.98 Å². The van der Waals surface area contributed by atoms with Gasteiger partial charge < -0.3 is 5.73 Å². The van der Waals surface area contributed by atoms with Gasteiger partial charge in [-0.2, -0.15) is 0 Å². The van der Waals surface area contributed by atoms with Gasteiger partial charge in [-0.1, -0.05) is 6.92 Å². The average Bonchev–Trinajstić information content (AvgIpc) is 2.42. The highest BCUT2D eigenvalue weighted by atomic mass is 16.1. The number of carbonyl (C=O) groups excluding carboxylic acids is 1. The van der Waals surface area contributed by atoms with E-state index in [0.29, 0.717) is 23.5 Å². The van der Waals surface area contributed by atoms with E-state index >= 15 is 0 Å². The van der Waals surface area contributed by atoms with E-state index in [0.717, 1.165) is 5.71 Å². The Labute approximate surface area is 75.5 Å². The summed E-state index contributed by atoms with van der Waals surface area (Å²) in [5.74, 6) is 0.217. The quantitative estimate of drug-likeness (QED) is 0.692. The SMILES string of the molecule is CCC1=NC(=O)c2ccc(N)nc21. The van der Waals surface area contributed by atoms with E-state index in [-0.39, 0.29) is 5.91 Å². The molecule has 1 aromatic rings. The second kappa shape index (κ2) is 2.65. The van der Waals surface area contributed by atoms with Gasteiger partial charge in [-0.05, 0) is 18.6 Å². The molecule has 66 valence electrons. The lowest BCUT2D eigenvalue weighted by Gasteiger charge is -1.99. The van der Waals surface area contributed by atoms with Crippen LogP contribution in [0.1, 0.15) is 29.4 Å². The minimum atomic E-state index is -0.209. The number of pyridine rings is 1. The van der Waals surface area contributed by atoms with Gasteiger partial charge in [0.25, 0.3) is 5.91 Å². The molecule has 4 nitrogen and oxygen atoms in total. The lowest BCUT2D eigenvalue weighted by Crippen LogP contribution is -2.03. The Morgan fingerprint density at radius 3 is 2.92 bits per heavy atom. The van der Waals surface area contributed by atoms with Crippen LogP contribution in [0.15, 0.2) is 17.1 Å². The van der Waals surface area contributed by atoms with Crippen LogP contribution in [0.25, 0.3) is 0 Å².